The van der Waals surface area contributed by atoms with E-state index in [-0.39, 0.29) is 17.2 Å². The molecule has 2 aromatic rings. The Morgan fingerprint density at radius 1 is 0.962 bits per heavy atom. The van der Waals surface area contributed by atoms with Crippen molar-refractivity contribution in [3.63, 3.8) is 0 Å². The predicted molar refractivity (Wildman–Crippen MR) is 103 cm³/mol. The molecule has 0 spiro atoms. The van der Waals surface area contributed by atoms with Gasteiger partial charge in [0.2, 0.25) is 10.0 Å². The summed E-state index contributed by atoms with van der Waals surface area (Å²) in [6.07, 6.45) is 2.88. The number of hydrogen-bond acceptors (Lipinski definition) is 4. The number of Topliss-reactive ketones (excluding diaryl/α,β-unsaturated/α-hetero) is 1. The lowest BCUT2D eigenvalue weighted by atomic mass is 10.1. The molecule has 1 aliphatic rings. The molecular formula is C20H24N2O3S. The van der Waals surface area contributed by atoms with Crippen molar-refractivity contribution >= 4 is 21.5 Å². The number of carbonyl (C=O) groups is 1. The van der Waals surface area contributed by atoms with E-state index in [4.69, 9.17) is 0 Å². The second-order valence-electron chi connectivity index (χ2n) is 6.63. The summed E-state index contributed by atoms with van der Waals surface area (Å²) < 4.78 is 26.8. The third kappa shape index (κ3) is 4.31. The highest BCUT2D eigenvalue weighted by atomic mass is 32.2. The minimum Gasteiger partial charge on any atom is -0.378 e. The molecule has 2 aromatic carbocycles. The predicted octanol–water partition coefficient (Wildman–Crippen LogP) is 3.46. The van der Waals surface area contributed by atoms with Crippen molar-refractivity contribution in [3.8, 4) is 0 Å². The summed E-state index contributed by atoms with van der Waals surface area (Å²) in [5.41, 5.74) is 2.54. The van der Waals surface area contributed by atoms with Gasteiger partial charge in [-0.1, -0.05) is 24.1 Å². The van der Waals surface area contributed by atoms with E-state index in [9.17, 15) is 13.2 Å². The lowest BCUT2D eigenvalue weighted by molar-refractivity contribution is 0.101. The van der Waals surface area contributed by atoms with E-state index in [0.29, 0.717) is 18.7 Å². The van der Waals surface area contributed by atoms with Gasteiger partial charge >= 0.3 is 0 Å². The Balaban J connectivity index is 1.64. The van der Waals surface area contributed by atoms with Crippen molar-refractivity contribution in [1.82, 2.24) is 4.31 Å². The summed E-state index contributed by atoms with van der Waals surface area (Å²) >= 11 is 0. The summed E-state index contributed by atoms with van der Waals surface area (Å²) in [7, 11) is -3.46. The van der Waals surface area contributed by atoms with Crippen LogP contribution in [0.3, 0.4) is 0 Å². The van der Waals surface area contributed by atoms with Gasteiger partial charge in [-0.05, 0) is 56.2 Å². The van der Waals surface area contributed by atoms with Gasteiger partial charge in [0, 0.05) is 24.3 Å². The third-order valence-electron chi connectivity index (χ3n) is 4.63. The number of carbonyl (C=O) groups excluding carboxylic acids is 1. The first kappa shape index (κ1) is 18.6. The van der Waals surface area contributed by atoms with Crippen LogP contribution in [0.5, 0.6) is 0 Å². The number of hydrogen-bond donors (Lipinski definition) is 1. The van der Waals surface area contributed by atoms with E-state index in [0.717, 1.165) is 30.5 Å². The first-order valence-electron chi connectivity index (χ1n) is 8.91. The summed E-state index contributed by atoms with van der Waals surface area (Å²) in [5.74, 6) is -0.0764. The van der Waals surface area contributed by atoms with Crippen LogP contribution in [-0.4, -0.2) is 38.1 Å². The van der Waals surface area contributed by atoms with Crippen LogP contribution in [0, 0.1) is 6.92 Å². The van der Waals surface area contributed by atoms with E-state index in [2.05, 4.69) is 5.32 Å². The normalized spacial score (nSPS) is 15.6. The molecule has 3 rings (SSSR count). The molecule has 0 radical (unpaired) electrons. The number of nitrogens with one attached hydrogen (secondary N) is 1. The van der Waals surface area contributed by atoms with Gasteiger partial charge in [-0.25, -0.2) is 8.42 Å². The summed E-state index contributed by atoms with van der Waals surface area (Å²) in [4.78, 5) is 12.6. The van der Waals surface area contributed by atoms with Gasteiger partial charge in [0.05, 0.1) is 11.4 Å². The van der Waals surface area contributed by atoms with Crippen LogP contribution < -0.4 is 5.32 Å². The number of rotatable bonds is 6. The van der Waals surface area contributed by atoms with Crippen molar-refractivity contribution in [3.05, 3.63) is 59.7 Å². The fraction of sp³-hybridized carbons (Fsp3) is 0.350. The maximum Gasteiger partial charge on any atom is 0.243 e. The Kier molecular flexibility index (Phi) is 5.74. The second kappa shape index (κ2) is 8.01. The molecule has 5 nitrogen and oxygen atoms in total. The summed E-state index contributed by atoms with van der Waals surface area (Å²) in [6.45, 7) is 3.32. The molecule has 0 saturated carbocycles. The van der Waals surface area contributed by atoms with Gasteiger partial charge in [0.15, 0.2) is 5.78 Å². The van der Waals surface area contributed by atoms with Crippen LogP contribution in [-0.2, 0) is 10.0 Å². The minimum atomic E-state index is -3.46. The van der Waals surface area contributed by atoms with Gasteiger partial charge in [-0.2, -0.15) is 4.31 Å². The van der Waals surface area contributed by atoms with Gasteiger partial charge in [-0.15, -0.1) is 0 Å². The first-order chi connectivity index (χ1) is 12.5. The first-order valence-corrected chi connectivity index (χ1v) is 10.3. The highest BCUT2D eigenvalue weighted by Gasteiger charge is 2.25. The average molecular weight is 372 g/mol. The molecule has 1 heterocycles. The highest BCUT2D eigenvalue weighted by Crippen LogP contribution is 2.21. The zero-order valence-corrected chi connectivity index (χ0v) is 15.8. The third-order valence-corrected chi connectivity index (χ3v) is 6.55. The lowest BCUT2D eigenvalue weighted by Crippen LogP contribution is -2.35. The molecule has 0 aromatic heterocycles. The number of nitrogens with zero attached hydrogens (tertiary/aromatic N) is 1. The SMILES string of the molecule is Cc1ccc(NCC(=O)c2ccc(S(=O)(=O)N3CCCCC3)cc2)cc1. The zero-order chi connectivity index (χ0) is 18.6. The van der Waals surface area contributed by atoms with Gasteiger partial charge in [0.1, 0.15) is 0 Å². The average Bonchev–Trinajstić information content (AvgIpc) is 2.68. The molecular weight excluding hydrogens is 348 g/mol. The highest BCUT2D eigenvalue weighted by molar-refractivity contribution is 7.89. The molecule has 0 bridgehead atoms. The summed E-state index contributed by atoms with van der Waals surface area (Å²) in [6, 6.07) is 14.1. The Labute approximate surface area is 155 Å². The molecule has 6 heteroatoms. The molecule has 1 saturated heterocycles. The van der Waals surface area contributed by atoms with Gasteiger partial charge < -0.3 is 5.32 Å². The fourth-order valence-electron chi connectivity index (χ4n) is 3.02. The smallest absolute Gasteiger partial charge is 0.243 e. The molecule has 0 amide bonds. The number of ketones is 1. The topological polar surface area (TPSA) is 66.5 Å². The lowest BCUT2D eigenvalue weighted by Gasteiger charge is -2.25. The van der Waals surface area contributed by atoms with E-state index in [1.165, 1.54) is 16.4 Å². The van der Waals surface area contributed by atoms with Crippen LogP contribution in [0.15, 0.2) is 53.4 Å². The van der Waals surface area contributed by atoms with Crippen LogP contribution in [0.25, 0.3) is 0 Å². The van der Waals surface area contributed by atoms with Crippen molar-refractivity contribution in [2.24, 2.45) is 0 Å². The monoisotopic (exact) mass is 372 g/mol. The maximum atomic E-state index is 12.6. The molecule has 0 aliphatic carbocycles. The molecule has 26 heavy (non-hydrogen) atoms. The van der Waals surface area contributed by atoms with Crippen molar-refractivity contribution in [2.75, 3.05) is 25.0 Å². The van der Waals surface area contributed by atoms with E-state index in [1.54, 1.807) is 12.1 Å². The molecule has 0 unspecified atom stereocenters. The minimum absolute atomic E-state index is 0.0764. The van der Waals surface area contributed by atoms with Crippen molar-refractivity contribution in [1.29, 1.82) is 0 Å². The van der Waals surface area contributed by atoms with Crippen molar-refractivity contribution in [2.45, 2.75) is 31.1 Å². The Bertz CT molecular complexity index is 853. The standard InChI is InChI=1S/C20H24N2O3S/c1-16-5-9-18(10-6-16)21-15-20(23)17-7-11-19(12-8-17)26(24,25)22-13-3-2-4-14-22/h5-12,21H,2-4,13-15H2,1H3. The molecule has 0 atom stereocenters. The molecule has 1 fully saturated rings. The number of sulfonamides is 1. The number of piperidine rings is 1. The fourth-order valence-corrected chi connectivity index (χ4v) is 4.54. The molecule has 1 aliphatic heterocycles. The molecule has 1 N–H and O–H groups in total. The largest absolute Gasteiger partial charge is 0.378 e. The van der Waals surface area contributed by atoms with Crippen LogP contribution in [0.4, 0.5) is 5.69 Å². The van der Waals surface area contributed by atoms with Crippen LogP contribution >= 0.6 is 0 Å². The second-order valence-corrected chi connectivity index (χ2v) is 8.57. The quantitative estimate of drug-likeness (QED) is 0.789. The van der Waals surface area contributed by atoms with Crippen molar-refractivity contribution < 1.29 is 13.2 Å². The number of aryl methyl sites for hydroxylation is 1. The Morgan fingerprint density at radius 3 is 2.19 bits per heavy atom. The number of benzene rings is 2. The number of anilines is 1. The summed E-state index contributed by atoms with van der Waals surface area (Å²) in [5, 5.41) is 3.09. The Morgan fingerprint density at radius 2 is 1.58 bits per heavy atom. The Hall–Kier alpha value is -2.18. The van der Waals surface area contributed by atoms with E-state index >= 15 is 0 Å². The van der Waals surface area contributed by atoms with E-state index < -0.39 is 10.0 Å². The van der Waals surface area contributed by atoms with Crippen LogP contribution in [0.1, 0.15) is 35.2 Å². The van der Waals surface area contributed by atoms with Gasteiger partial charge in [0.25, 0.3) is 0 Å². The molecule has 138 valence electrons. The van der Waals surface area contributed by atoms with Crippen LogP contribution in [0.2, 0.25) is 0 Å². The maximum absolute atomic E-state index is 12.6. The van der Waals surface area contributed by atoms with Gasteiger partial charge in [-0.3, -0.25) is 4.79 Å². The zero-order valence-electron chi connectivity index (χ0n) is 14.9. The van der Waals surface area contributed by atoms with E-state index in [1.807, 2.05) is 31.2 Å².